The molecule has 0 fully saturated rings. The first-order valence-corrected chi connectivity index (χ1v) is 7.37. The van der Waals surface area contributed by atoms with Crippen LogP contribution in [0.2, 0.25) is 0 Å². The van der Waals surface area contributed by atoms with E-state index in [4.69, 9.17) is 19.3 Å². The first-order valence-electron chi connectivity index (χ1n) is 7.37. The maximum absolute atomic E-state index is 12.4. The topological polar surface area (TPSA) is 137 Å². The van der Waals surface area contributed by atoms with E-state index in [1.54, 1.807) is 6.92 Å². The van der Waals surface area contributed by atoms with Gasteiger partial charge in [-0.25, -0.2) is 4.79 Å². The maximum atomic E-state index is 12.4. The lowest BCUT2D eigenvalue weighted by Gasteiger charge is -2.15. The molecule has 0 aliphatic heterocycles. The number of benzene rings is 1. The molecule has 1 aromatic rings. The van der Waals surface area contributed by atoms with E-state index in [9.17, 15) is 19.7 Å². The van der Waals surface area contributed by atoms with Crippen LogP contribution in [0.4, 0.5) is 5.69 Å². The summed E-state index contributed by atoms with van der Waals surface area (Å²) in [6.45, 7) is 2.05. The molecule has 0 radical (unpaired) electrons. The minimum Gasteiger partial charge on any atom is -0.493 e. The molecule has 138 valence electrons. The summed E-state index contributed by atoms with van der Waals surface area (Å²) in [6.07, 6.45) is 0.0137. The van der Waals surface area contributed by atoms with Crippen LogP contribution in [0.1, 0.15) is 23.7 Å². The third-order valence-corrected chi connectivity index (χ3v) is 3.24. The summed E-state index contributed by atoms with van der Waals surface area (Å²) in [5.74, 6) is -1.94. The quantitative estimate of drug-likeness (QED) is 0.471. The molecule has 0 bridgehead atoms. The van der Waals surface area contributed by atoms with Crippen LogP contribution in [0.25, 0.3) is 0 Å². The summed E-state index contributed by atoms with van der Waals surface area (Å²) in [6, 6.07) is 0.972. The number of hydrogen-bond acceptors (Lipinski definition) is 7. The fourth-order valence-corrected chi connectivity index (χ4v) is 2.04. The second-order valence-electron chi connectivity index (χ2n) is 4.86. The highest BCUT2D eigenvalue weighted by Gasteiger charge is 2.28. The number of carbonyl (C=O) groups excluding carboxylic acids is 1. The normalized spacial score (nSPS) is 11.5. The Bertz CT molecular complexity index is 647. The van der Waals surface area contributed by atoms with E-state index < -0.39 is 28.5 Å². The van der Waals surface area contributed by atoms with Crippen LogP contribution in [0, 0.1) is 10.1 Å². The van der Waals surface area contributed by atoms with Crippen molar-refractivity contribution in [3.05, 3.63) is 27.8 Å². The van der Waals surface area contributed by atoms with Gasteiger partial charge in [0.05, 0.1) is 24.7 Å². The number of nitro groups is 1. The Morgan fingerprint density at radius 1 is 1.32 bits per heavy atom. The van der Waals surface area contributed by atoms with E-state index >= 15 is 0 Å². The van der Waals surface area contributed by atoms with E-state index in [0.29, 0.717) is 0 Å². The highest BCUT2D eigenvalue weighted by molar-refractivity contribution is 6.00. The Morgan fingerprint density at radius 3 is 2.48 bits per heavy atom. The SMILES string of the molecule is CCOc1cc(C(=O)NC(CCOC)C(=O)O)c([N+](=O)[O-])cc1OC. The average molecular weight is 356 g/mol. The van der Waals surface area contributed by atoms with Crippen LogP contribution in [-0.2, 0) is 9.53 Å². The number of methoxy groups -OCH3 is 2. The molecule has 10 nitrogen and oxygen atoms in total. The summed E-state index contributed by atoms with van der Waals surface area (Å²) in [7, 11) is 2.70. The second-order valence-corrected chi connectivity index (χ2v) is 4.86. The molecule has 0 heterocycles. The molecule has 1 amide bonds. The van der Waals surface area contributed by atoms with E-state index in [0.717, 1.165) is 12.1 Å². The predicted octanol–water partition coefficient (Wildman–Crippen LogP) is 1.22. The number of carbonyl (C=O) groups is 2. The van der Waals surface area contributed by atoms with Crippen LogP contribution in [0.3, 0.4) is 0 Å². The molecule has 0 aromatic heterocycles. The Balaban J connectivity index is 3.23. The van der Waals surface area contributed by atoms with Crippen LogP contribution in [-0.4, -0.2) is 55.4 Å². The van der Waals surface area contributed by atoms with Crippen molar-refractivity contribution in [2.45, 2.75) is 19.4 Å². The lowest BCUT2D eigenvalue weighted by atomic mass is 10.1. The zero-order valence-electron chi connectivity index (χ0n) is 14.1. The number of rotatable bonds is 10. The van der Waals surface area contributed by atoms with Gasteiger partial charge in [-0.05, 0) is 6.92 Å². The number of amides is 1. The number of ether oxygens (including phenoxy) is 3. The monoisotopic (exact) mass is 356 g/mol. The van der Waals surface area contributed by atoms with Gasteiger partial charge in [0.2, 0.25) is 0 Å². The molecule has 0 aliphatic rings. The predicted molar refractivity (Wildman–Crippen MR) is 86.2 cm³/mol. The summed E-state index contributed by atoms with van der Waals surface area (Å²) < 4.78 is 15.1. The zero-order valence-corrected chi connectivity index (χ0v) is 14.1. The standard InChI is InChI=1S/C15H20N2O8/c1-4-25-13-7-9(11(17(21)22)8-12(13)24-3)14(18)16-10(15(19)20)5-6-23-2/h7-8,10H,4-6H2,1-3H3,(H,16,18)(H,19,20). The number of nitrogens with zero attached hydrogens (tertiary/aromatic N) is 1. The fourth-order valence-electron chi connectivity index (χ4n) is 2.04. The Morgan fingerprint density at radius 2 is 2.00 bits per heavy atom. The molecule has 10 heteroatoms. The average Bonchev–Trinajstić information content (AvgIpc) is 2.57. The van der Waals surface area contributed by atoms with E-state index in [2.05, 4.69) is 5.32 Å². The molecule has 0 spiro atoms. The highest BCUT2D eigenvalue weighted by atomic mass is 16.6. The first kappa shape index (κ1) is 20.2. The van der Waals surface area contributed by atoms with Gasteiger partial charge in [-0.3, -0.25) is 14.9 Å². The van der Waals surface area contributed by atoms with Crippen molar-refractivity contribution in [2.75, 3.05) is 27.4 Å². The molecule has 0 saturated carbocycles. The summed E-state index contributed by atoms with van der Waals surface area (Å²) in [5.41, 5.74) is -0.841. The molecule has 25 heavy (non-hydrogen) atoms. The number of nitro benzene ring substituents is 1. The van der Waals surface area contributed by atoms with Crippen molar-refractivity contribution < 1.29 is 33.8 Å². The Kier molecular flexibility index (Phi) is 7.60. The smallest absolute Gasteiger partial charge is 0.326 e. The largest absolute Gasteiger partial charge is 0.493 e. The molecule has 1 atom stereocenters. The molecular weight excluding hydrogens is 336 g/mol. The van der Waals surface area contributed by atoms with Gasteiger partial charge in [0.25, 0.3) is 11.6 Å². The van der Waals surface area contributed by atoms with Gasteiger partial charge in [0.1, 0.15) is 11.6 Å². The van der Waals surface area contributed by atoms with Gasteiger partial charge in [-0.15, -0.1) is 0 Å². The lowest BCUT2D eigenvalue weighted by Crippen LogP contribution is -2.41. The van der Waals surface area contributed by atoms with Crippen molar-refractivity contribution in [2.24, 2.45) is 0 Å². The zero-order chi connectivity index (χ0) is 19.0. The van der Waals surface area contributed by atoms with E-state index in [1.807, 2.05) is 0 Å². The van der Waals surface area contributed by atoms with Crippen LogP contribution < -0.4 is 14.8 Å². The van der Waals surface area contributed by atoms with E-state index in [1.165, 1.54) is 14.2 Å². The summed E-state index contributed by atoms with van der Waals surface area (Å²) in [5, 5.41) is 22.6. The molecule has 1 aromatic carbocycles. The van der Waals surface area contributed by atoms with Crippen LogP contribution in [0.5, 0.6) is 11.5 Å². The number of hydrogen-bond donors (Lipinski definition) is 2. The third-order valence-electron chi connectivity index (χ3n) is 3.24. The number of carboxylic acid groups (broad SMARTS) is 1. The number of aliphatic carboxylic acids is 1. The molecule has 1 unspecified atom stereocenters. The van der Waals surface area contributed by atoms with Crippen LogP contribution >= 0.6 is 0 Å². The molecule has 2 N–H and O–H groups in total. The van der Waals surface area contributed by atoms with Crippen molar-refractivity contribution in [3.63, 3.8) is 0 Å². The number of carboxylic acids is 1. The van der Waals surface area contributed by atoms with Gasteiger partial charge >= 0.3 is 5.97 Å². The third kappa shape index (κ3) is 5.31. The Labute approximate surface area is 143 Å². The fraction of sp³-hybridized carbons (Fsp3) is 0.467. The van der Waals surface area contributed by atoms with Crippen molar-refractivity contribution in [1.29, 1.82) is 0 Å². The van der Waals surface area contributed by atoms with Crippen molar-refractivity contribution in [1.82, 2.24) is 5.32 Å². The van der Waals surface area contributed by atoms with Gasteiger partial charge in [0.15, 0.2) is 11.5 Å². The Hall–Kier alpha value is -2.88. The van der Waals surface area contributed by atoms with E-state index in [-0.39, 0.29) is 36.7 Å². The second kappa shape index (κ2) is 9.42. The summed E-state index contributed by atoms with van der Waals surface area (Å²) in [4.78, 5) is 34.1. The van der Waals surface area contributed by atoms with Gasteiger partial charge in [-0.1, -0.05) is 0 Å². The summed E-state index contributed by atoms with van der Waals surface area (Å²) >= 11 is 0. The molecule has 0 aliphatic carbocycles. The van der Waals surface area contributed by atoms with Gasteiger partial charge < -0.3 is 24.6 Å². The maximum Gasteiger partial charge on any atom is 0.326 e. The van der Waals surface area contributed by atoms with Crippen LogP contribution in [0.15, 0.2) is 12.1 Å². The molecule has 0 saturated heterocycles. The lowest BCUT2D eigenvalue weighted by molar-refractivity contribution is -0.385. The highest BCUT2D eigenvalue weighted by Crippen LogP contribution is 2.34. The van der Waals surface area contributed by atoms with Crippen molar-refractivity contribution in [3.8, 4) is 11.5 Å². The minimum absolute atomic E-state index is 0.0137. The molecule has 1 rings (SSSR count). The number of nitrogens with one attached hydrogen (secondary N) is 1. The first-order chi connectivity index (χ1) is 11.8. The minimum atomic E-state index is -1.27. The van der Waals surface area contributed by atoms with Gasteiger partial charge in [0, 0.05) is 26.2 Å². The van der Waals surface area contributed by atoms with Crippen molar-refractivity contribution >= 4 is 17.6 Å². The van der Waals surface area contributed by atoms with Gasteiger partial charge in [-0.2, -0.15) is 0 Å². The molecular formula is C15H20N2O8.